The predicted molar refractivity (Wildman–Crippen MR) is 53.3 cm³/mol. The highest BCUT2D eigenvalue weighted by atomic mass is 35.5. The summed E-state index contributed by atoms with van der Waals surface area (Å²) in [5.74, 6) is 0.603. The van der Waals surface area contributed by atoms with Gasteiger partial charge in [-0.1, -0.05) is 23.7 Å². The van der Waals surface area contributed by atoms with Crippen LogP contribution in [0.1, 0.15) is 18.1 Å². The number of aliphatic hydroxyl groups excluding tert-OH is 1. The van der Waals surface area contributed by atoms with Gasteiger partial charge in [-0.2, -0.15) is 0 Å². The van der Waals surface area contributed by atoms with Gasteiger partial charge in [0.05, 0.1) is 18.2 Å². The first-order valence-electron chi connectivity index (χ1n) is 4.22. The number of halogens is 1. The second kappa shape index (κ2) is 4.49. The van der Waals surface area contributed by atoms with Gasteiger partial charge < -0.3 is 9.84 Å². The molecule has 1 aromatic rings. The Balaban J connectivity index is 3.15. The molecule has 0 atom stereocenters. The van der Waals surface area contributed by atoms with E-state index in [0.29, 0.717) is 17.4 Å². The molecule has 13 heavy (non-hydrogen) atoms. The van der Waals surface area contributed by atoms with Crippen LogP contribution in [0.3, 0.4) is 0 Å². The molecule has 0 heterocycles. The molecular weight excluding hydrogens is 188 g/mol. The molecule has 0 fully saturated rings. The number of aryl methyl sites for hydroxylation is 1. The summed E-state index contributed by atoms with van der Waals surface area (Å²) in [6.45, 7) is 4.30. The van der Waals surface area contributed by atoms with Gasteiger partial charge in [-0.05, 0) is 19.4 Å². The Kier molecular flexibility index (Phi) is 3.58. The molecule has 0 spiro atoms. The first kappa shape index (κ1) is 10.4. The van der Waals surface area contributed by atoms with Crippen LogP contribution in [0.2, 0.25) is 5.02 Å². The number of benzene rings is 1. The molecule has 2 nitrogen and oxygen atoms in total. The van der Waals surface area contributed by atoms with E-state index in [9.17, 15) is 0 Å². The molecule has 3 heteroatoms. The second-order valence-corrected chi connectivity index (χ2v) is 3.15. The average Bonchev–Trinajstić information content (AvgIpc) is 2.14. The van der Waals surface area contributed by atoms with E-state index in [1.807, 2.05) is 26.0 Å². The molecule has 0 aliphatic carbocycles. The smallest absolute Gasteiger partial charge is 0.143 e. The maximum Gasteiger partial charge on any atom is 0.143 e. The van der Waals surface area contributed by atoms with Crippen LogP contribution in [0.15, 0.2) is 12.1 Å². The minimum atomic E-state index is -0.0463. The zero-order valence-electron chi connectivity index (χ0n) is 7.80. The van der Waals surface area contributed by atoms with E-state index >= 15 is 0 Å². The monoisotopic (exact) mass is 200 g/mol. The Bertz CT molecular complexity index is 297. The van der Waals surface area contributed by atoms with Crippen molar-refractivity contribution in [2.45, 2.75) is 20.5 Å². The third-order valence-electron chi connectivity index (χ3n) is 1.83. The Morgan fingerprint density at radius 2 is 2.15 bits per heavy atom. The van der Waals surface area contributed by atoms with Crippen LogP contribution in [0, 0.1) is 6.92 Å². The molecule has 0 aliphatic heterocycles. The largest absolute Gasteiger partial charge is 0.492 e. The molecule has 0 saturated carbocycles. The highest BCUT2D eigenvalue weighted by molar-refractivity contribution is 6.32. The van der Waals surface area contributed by atoms with E-state index in [4.69, 9.17) is 21.4 Å². The van der Waals surface area contributed by atoms with Crippen molar-refractivity contribution in [2.24, 2.45) is 0 Å². The predicted octanol–water partition coefficient (Wildman–Crippen LogP) is 2.54. The van der Waals surface area contributed by atoms with Gasteiger partial charge >= 0.3 is 0 Å². The lowest BCUT2D eigenvalue weighted by atomic mass is 10.1. The lowest BCUT2D eigenvalue weighted by molar-refractivity contribution is 0.267. The SMILES string of the molecule is CCOc1c(CO)ccc(C)c1Cl. The molecule has 0 unspecified atom stereocenters. The molecule has 0 amide bonds. The van der Waals surface area contributed by atoms with E-state index in [1.54, 1.807) is 0 Å². The first-order valence-corrected chi connectivity index (χ1v) is 4.60. The minimum absolute atomic E-state index is 0.0463. The van der Waals surface area contributed by atoms with Crippen molar-refractivity contribution < 1.29 is 9.84 Å². The van der Waals surface area contributed by atoms with Gasteiger partial charge in [0.1, 0.15) is 5.75 Å². The van der Waals surface area contributed by atoms with E-state index in [-0.39, 0.29) is 6.61 Å². The topological polar surface area (TPSA) is 29.5 Å². The van der Waals surface area contributed by atoms with E-state index < -0.39 is 0 Å². The highest BCUT2D eigenvalue weighted by Crippen LogP contribution is 2.31. The first-order chi connectivity index (χ1) is 6.20. The van der Waals surface area contributed by atoms with Gasteiger partial charge in [0.15, 0.2) is 0 Å². The van der Waals surface area contributed by atoms with Crippen molar-refractivity contribution in [1.82, 2.24) is 0 Å². The molecule has 0 saturated heterocycles. The van der Waals surface area contributed by atoms with Crippen LogP contribution in [0.4, 0.5) is 0 Å². The summed E-state index contributed by atoms with van der Waals surface area (Å²) in [4.78, 5) is 0. The van der Waals surface area contributed by atoms with Crippen molar-refractivity contribution in [3.8, 4) is 5.75 Å². The summed E-state index contributed by atoms with van der Waals surface area (Å²) in [5.41, 5.74) is 1.69. The Labute approximate surface area is 83.1 Å². The summed E-state index contributed by atoms with van der Waals surface area (Å²) in [6.07, 6.45) is 0. The molecule has 0 aliphatic rings. The summed E-state index contributed by atoms with van der Waals surface area (Å²) in [7, 11) is 0. The fourth-order valence-electron chi connectivity index (χ4n) is 1.12. The Hall–Kier alpha value is -0.730. The maximum absolute atomic E-state index is 9.02. The van der Waals surface area contributed by atoms with Crippen molar-refractivity contribution in [3.63, 3.8) is 0 Å². The number of hydrogen-bond donors (Lipinski definition) is 1. The Morgan fingerprint density at radius 1 is 1.46 bits per heavy atom. The summed E-state index contributed by atoms with van der Waals surface area (Å²) >= 11 is 6.02. The molecular formula is C10H13ClO2. The van der Waals surface area contributed by atoms with Crippen LogP contribution in [-0.2, 0) is 6.61 Å². The molecule has 1 aromatic carbocycles. The van der Waals surface area contributed by atoms with Crippen LogP contribution in [-0.4, -0.2) is 11.7 Å². The number of hydrogen-bond acceptors (Lipinski definition) is 2. The fraction of sp³-hybridized carbons (Fsp3) is 0.400. The number of aliphatic hydroxyl groups is 1. The minimum Gasteiger partial charge on any atom is -0.492 e. The highest BCUT2D eigenvalue weighted by Gasteiger charge is 2.09. The van der Waals surface area contributed by atoms with Crippen molar-refractivity contribution in [3.05, 3.63) is 28.3 Å². The molecule has 1 N–H and O–H groups in total. The van der Waals surface area contributed by atoms with E-state index in [2.05, 4.69) is 0 Å². The lowest BCUT2D eigenvalue weighted by Gasteiger charge is -2.11. The number of ether oxygens (including phenoxy) is 1. The van der Waals surface area contributed by atoms with Gasteiger partial charge in [0, 0.05) is 5.56 Å². The van der Waals surface area contributed by atoms with Crippen molar-refractivity contribution >= 4 is 11.6 Å². The normalized spacial score (nSPS) is 10.2. The van der Waals surface area contributed by atoms with E-state index in [1.165, 1.54) is 0 Å². The fourth-order valence-corrected chi connectivity index (χ4v) is 1.36. The standard InChI is InChI=1S/C10H13ClO2/c1-3-13-10-8(6-12)5-4-7(2)9(10)11/h4-5,12H,3,6H2,1-2H3. The molecule has 0 bridgehead atoms. The van der Waals surface area contributed by atoms with Gasteiger partial charge in [-0.3, -0.25) is 0 Å². The number of rotatable bonds is 3. The van der Waals surface area contributed by atoms with Gasteiger partial charge in [-0.25, -0.2) is 0 Å². The summed E-state index contributed by atoms with van der Waals surface area (Å²) in [5, 5.41) is 9.61. The maximum atomic E-state index is 9.02. The third kappa shape index (κ3) is 2.14. The van der Waals surface area contributed by atoms with Crippen molar-refractivity contribution in [1.29, 1.82) is 0 Å². The molecule has 1 rings (SSSR count). The van der Waals surface area contributed by atoms with Gasteiger partial charge in [0.25, 0.3) is 0 Å². The van der Waals surface area contributed by atoms with Crippen LogP contribution in [0.25, 0.3) is 0 Å². The zero-order valence-corrected chi connectivity index (χ0v) is 8.56. The van der Waals surface area contributed by atoms with Gasteiger partial charge in [0.2, 0.25) is 0 Å². The van der Waals surface area contributed by atoms with Crippen LogP contribution in [0.5, 0.6) is 5.75 Å². The summed E-state index contributed by atoms with van der Waals surface area (Å²) in [6, 6.07) is 3.70. The molecule has 0 aromatic heterocycles. The quantitative estimate of drug-likeness (QED) is 0.813. The van der Waals surface area contributed by atoms with Crippen LogP contribution >= 0.6 is 11.6 Å². The van der Waals surface area contributed by atoms with Crippen molar-refractivity contribution in [2.75, 3.05) is 6.61 Å². The lowest BCUT2D eigenvalue weighted by Crippen LogP contribution is -1.98. The molecule has 0 radical (unpaired) electrons. The summed E-state index contributed by atoms with van der Waals surface area (Å²) < 4.78 is 5.35. The Morgan fingerprint density at radius 3 is 2.69 bits per heavy atom. The molecule has 72 valence electrons. The van der Waals surface area contributed by atoms with E-state index in [0.717, 1.165) is 11.1 Å². The van der Waals surface area contributed by atoms with Gasteiger partial charge in [-0.15, -0.1) is 0 Å². The average molecular weight is 201 g/mol. The zero-order chi connectivity index (χ0) is 9.84. The second-order valence-electron chi connectivity index (χ2n) is 2.78. The van der Waals surface area contributed by atoms with Crippen LogP contribution < -0.4 is 4.74 Å². The third-order valence-corrected chi connectivity index (χ3v) is 2.30.